The molecule has 0 radical (unpaired) electrons. The zero-order valence-electron chi connectivity index (χ0n) is 16.4. The molecule has 4 N–H and O–H groups in total. The van der Waals surface area contributed by atoms with E-state index in [1.165, 1.54) is 48.5 Å². The van der Waals surface area contributed by atoms with Gasteiger partial charge in [-0.15, -0.1) is 5.11 Å². The second kappa shape index (κ2) is 8.22. The number of carbonyl (C=O) groups is 4. The van der Waals surface area contributed by atoms with E-state index in [4.69, 9.17) is 0 Å². The van der Waals surface area contributed by atoms with Crippen LogP contribution < -0.4 is 26.3 Å². The minimum absolute atomic E-state index is 0.0283. The van der Waals surface area contributed by atoms with Crippen molar-refractivity contribution in [1.29, 1.82) is 0 Å². The first kappa shape index (κ1) is 21.2. The predicted molar refractivity (Wildman–Crippen MR) is 108 cm³/mol. The lowest BCUT2D eigenvalue weighted by Crippen LogP contribution is -2.38. The van der Waals surface area contributed by atoms with Crippen LogP contribution in [0, 0.1) is 10.1 Å². The highest BCUT2D eigenvalue weighted by Gasteiger charge is 2.42. The maximum Gasteiger partial charge on any atom is 0.282 e. The van der Waals surface area contributed by atoms with Crippen LogP contribution in [0.3, 0.4) is 0 Å². The van der Waals surface area contributed by atoms with E-state index >= 15 is 0 Å². The molecule has 0 bridgehead atoms. The first-order valence-corrected chi connectivity index (χ1v) is 9.24. The lowest BCUT2D eigenvalue weighted by atomic mass is 10.2. The summed E-state index contributed by atoms with van der Waals surface area (Å²) in [5.41, 5.74) is 7.05. The van der Waals surface area contributed by atoms with Crippen molar-refractivity contribution in [3.8, 4) is 5.75 Å². The van der Waals surface area contributed by atoms with Gasteiger partial charge in [0, 0.05) is 12.1 Å². The number of benzene rings is 2. The Kier molecular flexibility index (Phi) is 5.27. The van der Waals surface area contributed by atoms with Gasteiger partial charge in [0.25, 0.3) is 29.3 Å². The van der Waals surface area contributed by atoms with Crippen LogP contribution in [0.5, 0.6) is 5.75 Å². The zero-order chi connectivity index (χ0) is 23.7. The summed E-state index contributed by atoms with van der Waals surface area (Å²) < 4.78 is 0. The van der Waals surface area contributed by atoms with Gasteiger partial charge in [0.05, 0.1) is 16.3 Å². The van der Waals surface area contributed by atoms with Crippen LogP contribution in [0.25, 0.3) is 0 Å². The van der Waals surface area contributed by atoms with Crippen LogP contribution in [-0.2, 0) is 19.2 Å². The number of hydrazine groups is 2. The monoisotopic (exact) mass is 454 g/mol. The molecule has 2 atom stereocenters. The van der Waals surface area contributed by atoms with Crippen molar-refractivity contribution < 1.29 is 29.2 Å². The molecule has 4 rings (SSSR count). The molecule has 2 aliphatic rings. The molecule has 0 spiro atoms. The summed E-state index contributed by atoms with van der Waals surface area (Å²) in [6.45, 7) is 0. The smallest absolute Gasteiger partial charge is 0.282 e. The number of non-ortho nitro benzene ring substituents is 1. The number of rotatable bonds is 6. The summed E-state index contributed by atoms with van der Waals surface area (Å²) in [6.07, 6.45) is 0. The highest BCUT2D eigenvalue weighted by atomic mass is 16.6. The van der Waals surface area contributed by atoms with Crippen molar-refractivity contribution in [2.24, 2.45) is 10.3 Å². The molecule has 2 saturated heterocycles. The minimum Gasteiger partial charge on any atom is -0.508 e. The Hall–Kier alpha value is -5.08. The molecule has 15 nitrogen and oxygen atoms in total. The van der Waals surface area contributed by atoms with E-state index in [-0.39, 0.29) is 22.8 Å². The second-order valence-corrected chi connectivity index (χ2v) is 6.77. The van der Waals surface area contributed by atoms with Crippen LogP contribution in [0.1, 0.15) is 0 Å². The van der Waals surface area contributed by atoms with Gasteiger partial charge in [0.1, 0.15) is 5.75 Å². The van der Waals surface area contributed by atoms with E-state index in [2.05, 4.69) is 26.6 Å². The molecular formula is C18H14N8O7. The Balaban J connectivity index is 1.41. The lowest BCUT2D eigenvalue weighted by Gasteiger charge is -2.14. The Morgan fingerprint density at radius 3 is 2.03 bits per heavy atom. The average Bonchev–Trinajstić information content (AvgIpc) is 3.24. The van der Waals surface area contributed by atoms with E-state index in [1.807, 2.05) is 0 Å². The van der Waals surface area contributed by atoms with E-state index < -0.39 is 40.6 Å². The van der Waals surface area contributed by atoms with Crippen LogP contribution in [0.15, 0.2) is 58.9 Å². The third-order valence-corrected chi connectivity index (χ3v) is 4.66. The molecule has 0 aromatic heterocycles. The molecule has 2 aromatic rings. The molecule has 0 saturated carbocycles. The second-order valence-electron chi connectivity index (χ2n) is 6.77. The van der Waals surface area contributed by atoms with E-state index in [9.17, 15) is 34.4 Å². The van der Waals surface area contributed by atoms with E-state index in [0.29, 0.717) is 0 Å². The molecule has 168 valence electrons. The van der Waals surface area contributed by atoms with Crippen LogP contribution in [0.4, 0.5) is 17.1 Å². The first-order chi connectivity index (χ1) is 15.8. The zero-order valence-corrected chi connectivity index (χ0v) is 16.4. The molecule has 33 heavy (non-hydrogen) atoms. The number of amides is 4. The molecule has 4 amide bonds. The van der Waals surface area contributed by atoms with Crippen molar-refractivity contribution in [2.75, 3.05) is 10.0 Å². The molecule has 2 heterocycles. The van der Waals surface area contributed by atoms with Gasteiger partial charge in [-0.2, -0.15) is 0 Å². The van der Waals surface area contributed by atoms with Crippen molar-refractivity contribution in [1.82, 2.24) is 16.3 Å². The van der Waals surface area contributed by atoms with Gasteiger partial charge in [-0.25, -0.2) is 10.0 Å². The maximum absolute atomic E-state index is 12.5. The van der Waals surface area contributed by atoms with Crippen LogP contribution in [0.2, 0.25) is 0 Å². The number of nitrogens with one attached hydrogen (secondary N) is 3. The van der Waals surface area contributed by atoms with Crippen molar-refractivity contribution >= 4 is 40.7 Å². The lowest BCUT2D eigenvalue weighted by molar-refractivity contribution is -0.384. The van der Waals surface area contributed by atoms with Crippen LogP contribution in [-0.4, -0.2) is 45.7 Å². The molecule has 2 aromatic carbocycles. The molecule has 0 aliphatic carbocycles. The number of phenolic OH excluding ortho intramolecular Hbond substituents is 1. The van der Waals surface area contributed by atoms with Gasteiger partial charge in [-0.1, -0.05) is 5.22 Å². The minimum atomic E-state index is -1.56. The highest BCUT2D eigenvalue weighted by molar-refractivity contribution is 6.18. The fraction of sp³-hybridized carbons (Fsp3) is 0.111. The van der Waals surface area contributed by atoms with Gasteiger partial charge < -0.3 is 5.11 Å². The van der Waals surface area contributed by atoms with Gasteiger partial charge in [-0.05, 0) is 36.4 Å². The molecule has 2 aliphatic heterocycles. The molecule has 2 fully saturated rings. The Labute approximate surface area is 183 Å². The molecule has 15 heteroatoms. The van der Waals surface area contributed by atoms with Crippen molar-refractivity contribution in [2.45, 2.75) is 12.1 Å². The third kappa shape index (κ3) is 3.97. The Morgan fingerprint density at radius 2 is 1.42 bits per heavy atom. The van der Waals surface area contributed by atoms with Gasteiger partial charge in [0.2, 0.25) is 12.1 Å². The SMILES string of the molecule is O=C1NN(c2ccc(O)cc2)C(=O)C1N=NNC1C(=O)NN(c2ccc([N+](=O)[O-])cc2)C1=O. The standard InChI is InChI=1S/C18H14N8O7/c27-12-7-5-10(6-8-12)25-18(31)14(16(29)22-25)20-23-19-13-15(28)21-24(17(13)30)9-1-3-11(4-2-9)26(32)33/h1-8,13-14,27H,(H,19,20)(H,21,28)(H,22,29). The topological polar surface area (TPSA) is 199 Å². The quantitative estimate of drug-likeness (QED) is 0.193. The number of nitro benzene ring substituents is 1. The van der Waals surface area contributed by atoms with E-state index in [1.54, 1.807) is 0 Å². The third-order valence-electron chi connectivity index (χ3n) is 4.66. The number of carbonyl (C=O) groups excluding carboxylic acids is 4. The number of phenols is 1. The highest BCUT2D eigenvalue weighted by Crippen LogP contribution is 2.22. The fourth-order valence-electron chi connectivity index (χ4n) is 3.01. The summed E-state index contributed by atoms with van der Waals surface area (Å²) in [5.74, 6) is -3.13. The van der Waals surface area contributed by atoms with Crippen molar-refractivity contribution in [3.63, 3.8) is 0 Å². The van der Waals surface area contributed by atoms with Gasteiger partial charge >= 0.3 is 0 Å². The van der Waals surface area contributed by atoms with Crippen LogP contribution >= 0.6 is 0 Å². The summed E-state index contributed by atoms with van der Waals surface area (Å²) in [5, 5.41) is 28.9. The van der Waals surface area contributed by atoms with Crippen molar-refractivity contribution in [3.05, 3.63) is 58.6 Å². The molecular weight excluding hydrogens is 440 g/mol. The summed E-state index contributed by atoms with van der Waals surface area (Å²) in [4.78, 5) is 59.4. The number of nitrogens with zero attached hydrogens (tertiary/aromatic N) is 5. The maximum atomic E-state index is 12.5. The summed E-state index contributed by atoms with van der Waals surface area (Å²) in [7, 11) is 0. The first-order valence-electron chi connectivity index (χ1n) is 9.24. The Morgan fingerprint density at radius 1 is 0.879 bits per heavy atom. The fourth-order valence-corrected chi connectivity index (χ4v) is 3.01. The largest absolute Gasteiger partial charge is 0.508 e. The number of hydrogen-bond acceptors (Lipinski definition) is 9. The van der Waals surface area contributed by atoms with Gasteiger partial charge in [0.15, 0.2) is 0 Å². The Bertz CT molecular complexity index is 1180. The number of aromatic hydroxyl groups is 1. The average molecular weight is 454 g/mol. The number of hydrogen-bond donors (Lipinski definition) is 4. The summed E-state index contributed by atoms with van der Waals surface area (Å²) in [6, 6.07) is 7.28. The number of anilines is 2. The predicted octanol–water partition coefficient (Wildman–Crippen LogP) is -0.550. The number of nitro groups is 1. The van der Waals surface area contributed by atoms with E-state index in [0.717, 1.165) is 10.0 Å². The molecule has 2 unspecified atom stereocenters. The summed E-state index contributed by atoms with van der Waals surface area (Å²) >= 11 is 0. The normalized spacial score (nSPS) is 20.4. The van der Waals surface area contributed by atoms with Gasteiger partial charge in [-0.3, -0.25) is 45.6 Å².